The van der Waals surface area contributed by atoms with Crippen LogP contribution < -0.4 is 10.5 Å². The Bertz CT molecular complexity index is 556. The number of para-hydroxylation sites is 1. The summed E-state index contributed by atoms with van der Waals surface area (Å²) in [4.78, 5) is 14.3. The molecule has 4 nitrogen and oxygen atoms in total. The van der Waals surface area contributed by atoms with E-state index in [-0.39, 0.29) is 24.1 Å². The summed E-state index contributed by atoms with van der Waals surface area (Å²) in [5, 5.41) is 0. The van der Waals surface area contributed by atoms with Gasteiger partial charge in [-0.3, -0.25) is 4.79 Å². The highest BCUT2D eigenvalue weighted by Crippen LogP contribution is 2.22. The number of amides is 1. The van der Waals surface area contributed by atoms with Gasteiger partial charge in [0.05, 0.1) is 6.10 Å². The number of piperidine rings is 1. The molecule has 126 valence electrons. The molecule has 1 saturated heterocycles. The van der Waals surface area contributed by atoms with E-state index in [1.807, 2.05) is 42.2 Å². The van der Waals surface area contributed by atoms with Crippen molar-refractivity contribution >= 4 is 12.0 Å². The monoisotopic (exact) mass is 316 g/mol. The van der Waals surface area contributed by atoms with Crippen molar-refractivity contribution in [2.75, 3.05) is 6.54 Å². The highest BCUT2D eigenvalue weighted by atomic mass is 16.5. The number of hydrogen-bond donors (Lipinski definition) is 1. The first-order valence-corrected chi connectivity index (χ1v) is 8.51. The fourth-order valence-electron chi connectivity index (χ4n) is 2.82. The van der Waals surface area contributed by atoms with Crippen molar-refractivity contribution < 1.29 is 9.53 Å². The molecule has 2 N–H and O–H groups in total. The van der Waals surface area contributed by atoms with Crippen LogP contribution in [0.2, 0.25) is 0 Å². The molecule has 1 aromatic rings. The van der Waals surface area contributed by atoms with Gasteiger partial charge in [-0.2, -0.15) is 0 Å². The van der Waals surface area contributed by atoms with Crippen LogP contribution in [0.3, 0.4) is 0 Å². The summed E-state index contributed by atoms with van der Waals surface area (Å²) in [7, 11) is 0. The van der Waals surface area contributed by atoms with Crippen molar-refractivity contribution in [2.24, 2.45) is 5.73 Å². The summed E-state index contributed by atoms with van der Waals surface area (Å²) >= 11 is 0. The van der Waals surface area contributed by atoms with Crippen molar-refractivity contribution in [1.29, 1.82) is 0 Å². The maximum atomic E-state index is 12.4. The minimum absolute atomic E-state index is 0.0442. The Morgan fingerprint density at radius 2 is 2.22 bits per heavy atom. The fourth-order valence-corrected chi connectivity index (χ4v) is 2.82. The van der Waals surface area contributed by atoms with E-state index in [1.165, 1.54) is 0 Å². The highest BCUT2D eigenvalue weighted by Gasteiger charge is 2.25. The summed E-state index contributed by atoms with van der Waals surface area (Å²) in [5.41, 5.74) is 6.89. The SMILES string of the molecule is CCC(C)Oc1ccccc1C=CC(=O)N1CCC(N)CC1C. The van der Waals surface area contributed by atoms with Gasteiger partial charge in [-0.05, 0) is 45.3 Å². The molecule has 0 saturated carbocycles. The van der Waals surface area contributed by atoms with Crippen LogP contribution in [0.15, 0.2) is 30.3 Å². The molecule has 0 spiro atoms. The van der Waals surface area contributed by atoms with Crippen LogP contribution in [-0.4, -0.2) is 35.5 Å². The normalized spacial score (nSPS) is 23.0. The molecule has 4 heteroatoms. The van der Waals surface area contributed by atoms with Gasteiger partial charge in [0.1, 0.15) is 5.75 Å². The average Bonchev–Trinajstić information content (AvgIpc) is 2.53. The van der Waals surface area contributed by atoms with Gasteiger partial charge in [-0.25, -0.2) is 0 Å². The number of ether oxygens (including phenoxy) is 1. The highest BCUT2D eigenvalue weighted by molar-refractivity contribution is 5.92. The van der Waals surface area contributed by atoms with Gasteiger partial charge < -0.3 is 15.4 Å². The Labute approximate surface area is 139 Å². The topological polar surface area (TPSA) is 55.6 Å². The lowest BCUT2D eigenvalue weighted by molar-refractivity contribution is -0.129. The predicted molar refractivity (Wildman–Crippen MR) is 94.2 cm³/mol. The second-order valence-electron chi connectivity index (χ2n) is 6.37. The van der Waals surface area contributed by atoms with Gasteiger partial charge in [0.15, 0.2) is 0 Å². The van der Waals surface area contributed by atoms with E-state index in [0.29, 0.717) is 0 Å². The van der Waals surface area contributed by atoms with Crippen molar-refractivity contribution in [3.05, 3.63) is 35.9 Å². The average molecular weight is 316 g/mol. The molecular formula is C19H28N2O2. The maximum Gasteiger partial charge on any atom is 0.246 e. The molecular weight excluding hydrogens is 288 g/mol. The second kappa shape index (κ2) is 8.16. The van der Waals surface area contributed by atoms with Crippen molar-refractivity contribution in [2.45, 2.75) is 58.2 Å². The molecule has 1 fully saturated rings. The van der Waals surface area contributed by atoms with Crippen LogP contribution in [0.25, 0.3) is 6.08 Å². The Morgan fingerprint density at radius 3 is 2.91 bits per heavy atom. The zero-order valence-electron chi connectivity index (χ0n) is 14.4. The van der Waals surface area contributed by atoms with Crippen LogP contribution in [0.4, 0.5) is 0 Å². The number of carbonyl (C=O) groups is 1. The molecule has 1 aliphatic heterocycles. The number of rotatable bonds is 5. The standard InChI is InChI=1S/C19H28N2O2/c1-4-15(3)23-18-8-6-5-7-16(18)9-10-19(22)21-12-11-17(20)13-14(21)2/h5-10,14-15,17H,4,11-13,20H2,1-3H3. The fraction of sp³-hybridized carbons (Fsp3) is 0.526. The minimum Gasteiger partial charge on any atom is -0.490 e. The minimum atomic E-state index is 0.0442. The van der Waals surface area contributed by atoms with Gasteiger partial charge in [-0.1, -0.05) is 25.1 Å². The van der Waals surface area contributed by atoms with Gasteiger partial charge in [0.25, 0.3) is 0 Å². The number of nitrogens with zero attached hydrogens (tertiary/aromatic N) is 1. The third-order valence-electron chi connectivity index (χ3n) is 4.43. The summed E-state index contributed by atoms with van der Waals surface area (Å²) in [6.45, 7) is 6.93. The summed E-state index contributed by atoms with van der Waals surface area (Å²) in [6.07, 6.45) is 6.34. The first-order valence-electron chi connectivity index (χ1n) is 8.51. The smallest absolute Gasteiger partial charge is 0.246 e. The molecule has 0 radical (unpaired) electrons. The molecule has 1 heterocycles. The third-order valence-corrected chi connectivity index (χ3v) is 4.43. The first kappa shape index (κ1) is 17.5. The molecule has 2 rings (SSSR count). The molecule has 3 atom stereocenters. The van der Waals surface area contributed by atoms with Crippen LogP contribution >= 0.6 is 0 Å². The lowest BCUT2D eigenvalue weighted by atomic mass is 9.99. The largest absolute Gasteiger partial charge is 0.490 e. The Hall–Kier alpha value is -1.81. The number of carbonyl (C=O) groups excluding carboxylic acids is 1. The van der Waals surface area contributed by atoms with E-state index < -0.39 is 0 Å². The molecule has 1 aliphatic rings. The number of likely N-dealkylation sites (tertiary alicyclic amines) is 1. The van der Waals surface area contributed by atoms with Crippen molar-refractivity contribution in [3.63, 3.8) is 0 Å². The zero-order valence-corrected chi connectivity index (χ0v) is 14.4. The molecule has 0 aliphatic carbocycles. The molecule has 3 unspecified atom stereocenters. The lowest BCUT2D eigenvalue weighted by Crippen LogP contribution is -2.47. The quantitative estimate of drug-likeness (QED) is 0.849. The van der Waals surface area contributed by atoms with Gasteiger partial charge >= 0.3 is 0 Å². The van der Waals surface area contributed by atoms with E-state index in [9.17, 15) is 4.79 Å². The van der Waals surface area contributed by atoms with Crippen molar-refractivity contribution in [1.82, 2.24) is 4.90 Å². The number of benzene rings is 1. The summed E-state index contributed by atoms with van der Waals surface area (Å²) < 4.78 is 5.91. The Balaban J connectivity index is 2.06. The molecule has 23 heavy (non-hydrogen) atoms. The number of nitrogens with two attached hydrogens (primary N) is 1. The summed E-state index contributed by atoms with van der Waals surface area (Å²) in [6, 6.07) is 8.22. The van der Waals surface area contributed by atoms with Crippen LogP contribution in [0.5, 0.6) is 5.75 Å². The first-order chi connectivity index (χ1) is 11.0. The van der Waals surface area contributed by atoms with Crippen molar-refractivity contribution in [3.8, 4) is 5.75 Å². The Morgan fingerprint density at radius 1 is 1.48 bits per heavy atom. The zero-order chi connectivity index (χ0) is 16.8. The maximum absolute atomic E-state index is 12.4. The second-order valence-corrected chi connectivity index (χ2v) is 6.37. The lowest BCUT2D eigenvalue weighted by Gasteiger charge is -2.35. The van der Waals surface area contributed by atoms with Gasteiger partial charge in [0.2, 0.25) is 5.91 Å². The number of hydrogen-bond acceptors (Lipinski definition) is 3. The molecule has 0 aromatic heterocycles. The predicted octanol–water partition coefficient (Wildman–Crippen LogP) is 3.22. The molecule has 1 amide bonds. The molecule has 0 bridgehead atoms. The van der Waals surface area contributed by atoms with E-state index >= 15 is 0 Å². The van der Waals surface area contributed by atoms with Gasteiger partial charge in [-0.15, -0.1) is 0 Å². The third kappa shape index (κ3) is 4.83. The van der Waals surface area contributed by atoms with Crippen LogP contribution in [0, 0.1) is 0 Å². The van der Waals surface area contributed by atoms with Crippen LogP contribution in [-0.2, 0) is 4.79 Å². The summed E-state index contributed by atoms with van der Waals surface area (Å²) in [5.74, 6) is 0.863. The van der Waals surface area contributed by atoms with E-state index in [0.717, 1.165) is 37.1 Å². The van der Waals surface area contributed by atoms with E-state index in [2.05, 4.69) is 13.8 Å². The Kier molecular flexibility index (Phi) is 6.22. The van der Waals surface area contributed by atoms with Gasteiger partial charge in [0, 0.05) is 30.3 Å². The van der Waals surface area contributed by atoms with E-state index in [1.54, 1.807) is 6.08 Å². The van der Waals surface area contributed by atoms with Crippen LogP contribution in [0.1, 0.15) is 45.6 Å². The van der Waals surface area contributed by atoms with E-state index in [4.69, 9.17) is 10.5 Å². The molecule has 1 aromatic carbocycles.